The van der Waals surface area contributed by atoms with Crippen molar-refractivity contribution in [3.63, 3.8) is 0 Å². The van der Waals surface area contributed by atoms with E-state index in [0.29, 0.717) is 6.07 Å². The molecule has 0 aliphatic carbocycles. The van der Waals surface area contributed by atoms with E-state index < -0.39 is 23.5 Å². The van der Waals surface area contributed by atoms with Crippen molar-refractivity contribution >= 4 is 11.9 Å². The lowest BCUT2D eigenvalue weighted by Gasteiger charge is -2.14. The first-order chi connectivity index (χ1) is 6.49. The van der Waals surface area contributed by atoms with Gasteiger partial charge < -0.3 is 15.2 Å². The Morgan fingerprint density at radius 3 is 2.93 bits per heavy atom. The van der Waals surface area contributed by atoms with E-state index in [4.69, 9.17) is 0 Å². The van der Waals surface area contributed by atoms with Gasteiger partial charge in [-0.3, -0.25) is 9.78 Å². The van der Waals surface area contributed by atoms with Gasteiger partial charge in [0, 0.05) is 0 Å². The fourth-order valence-electron chi connectivity index (χ4n) is 0.760. The third kappa shape index (κ3) is 2.54. The van der Waals surface area contributed by atoms with Gasteiger partial charge in [-0.1, -0.05) is 0 Å². The molecule has 1 heterocycles. The molecule has 1 atom stereocenters. The minimum atomic E-state index is -1.38. The van der Waals surface area contributed by atoms with Crippen LogP contribution in [0.3, 0.4) is 0 Å². The lowest BCUT2D eigenvalue weighted by atomic mass is 10.3. The van der Waals surface area contributed by atoms with Crippen molar-refractivity contribution in [2.45, 2.75) is 13.0 Å². The number of aromatic nitrogens is 2. The van der Waals surface area contributed by atoms with Gasteiger partial charge in [-0.25, -0.2) is 0 Å². The van der Waals surface area contributed by atoms with Crippen LogP contribution in [0, 0.1) is 5.95 Å². The average Bonchev–Trinajstić information content (AvgIpc) is 2.01. The number of carboxylic acids is 1. The Labute approximate surface area is 77.8 Å². The van der Waals surface area contributed by atoms with Crippen LogP contribution >= 0.6 is 0 Å². The first-order valence-corrected chi connectivity index (χ1v) is 3.73. The Morgan fingerprint density at radius 2 is 2.43 bits per heavy atom. The normalized spacial score (nSPS) is 12.1. The lowest BCUT2D eigenvalue weighted by Crippen LogP contribution is -2.39. The van der Waals surface area contributed by atoms with E-state index >= 15 is 0 Å². The molecule has 0 aromatic carbocycles. The van der Waals surface area contributed by atoms with Crippen LogP contribution in [0.2, 0.25) is 0 Å². The number of nitrogens with zero attached hydrogens (tertiary/aromatic N) is 1. The first kappa shape index (κ1) is 10.2. The van der Waals surface area contributed by atoms with Crippen molar-refractivity contribution in [2.75, 3.05) is 5.32 Å². The van der Waals surface area contributed by atoms with E-state index in [-0.39, 0.29) is 5.95 Å². The largest absolute Gasteiger partial charge is 0.548 e. The molecule has 1 aromatic rings. The fourth-order valence-corrected chi connectivity index (χ4v) is 0.760. The molecule has 0 spiro atoms. The fraction of sp³-hybridized carbons (Fsp3) is 0.286. The van der Waals surface area contributed by atoms with E-state index in [0.717, 1.165) is 0 Å². The summed E-state index contributed by atoms with van der Waals surface area (Å²) in [6.07, 6.45) is 0. The van der Waals surface area contributed by atoms with Crippen molar-refractivity contribution < 1.29 is 14.3 Å². The maximum absolute atomic E-state index is 12.5. The molecule has 0 aliphatic heterocycles. The Kier molecular flexibility index (Phi) is 2.80. The summed E-state index contributed by atoms with van der Waals surface area (Å²) >= 11 is 0. The molecular weight excluding hydrogens is 193 g/mol. The van der Waals surface area contributed by atoms with Gasteiger partial charge in [0.1, 0.15) is 0 Å². The van der Waals surface area contributed by atoms with Crippen LogP contribution in [-0.4, -0.2) is 22.0 Å². The SMILES string of the molecule is CC(Nc1nc(F)cc(=O)[nH]1)C(=O)[O-]. The van der Waals surface area contributed by atoms with Crippen molar-refractivity contribution in [2.24, 2.45) is 0 Å². The Morgan fingerprint density at radius 1 is 1.79 bits per heavy atom. The molecule has 6 nitrogen and oxygen atoms in total. The smallest absolute Gasteiger partial charge is 0.255 e. The number of carbonyl (C=O) groups is 1. The average molecular weight is 200 g/mol. The van der Waals surface area contributed by atoms with E-state index in [9.17, 15) is 19.1 Å². The molecule has 76 valence electrons. The number of carbonyl (C=O) groups excluding carboxylic acids is 1. The first-order valence-electron chi connectivity index (χ1n) is 3.73. The van der Waals surface area contributed by atoms with Crippen molar-refractivity contribution in [1.29, 1.82) is 0 Å². The predicted molar refractivity (Wildman–Crippen MR) is 42.9 cm³/mol. The number of halogens is 1. The highest BCUT2D eigenvalue weighted by Gasteiger charge is 2.05. The number of aromatic amines is 1. The quantitative estimate of drug-likeness (QED) is 0.576. The molecule has 0 saturated carbocycles. The summed E-state index contributed by atoms with van der Waals surface area (Å²) in [4.78, 5) is 26.4. The lowest BCUT2D eigenvalue weighted by molar-refractivity contribution is -0.306. The second kappa shape index (κ2) is 3.86. The van der Waals surface area contributed by atoms with Crippen LogP contribution in [0.5, 0.6) is 0 Å². The second-order valence-corrected chi connectivity index (χ2v) is 2.60. The minimum Gasteiger partial charge on any atom is -0.548 e. The minimum absolute atomic E-state index is 0.244. The van der Waals surface area contributed by atoms with Crippen LogP contribution < -0.4 is 16.0 Å². The summed E-state index contributed by atoms with van der Waals surface area (Å²) in [6.45, 7) is 1.28. The Bertz CT molecular complexity index is 403. The van der Waals surface area contributed by atoms with Crippen LogP contribution in [0.15, 0.2) is 10.9 Å². The van der Waals surface area contributed by atoms with E-state index in [1.54, 1.807) is 0 Å². The Balaban J connectivity index is 2.87. The van der Waals surface area contributed by atoms with Crippen LogP contribution in [0.25, 0.3) is 0 Å². The number of carboxylic acid groups (broad SMARTS) is 1. The van der Waals surface area contributed by atoms with Crippen LogP contribution in [-0.2, 0) is 4.79 Å². The number of rotatable bonds is 3. The molecule has 0 fully saturated rings. The Hall–Kier alpha value is -1.92. The molecule has 0 radical (unpaired) electrons. The maximum Gasteiger partial charge on any atom is 0.255 e. The molecule has 2 N–H and O–H groups in total. The zero-order valence-electron chi connectivity index (χ0n) is 7.20. The van der Waals surface area contributed by atoms with Gasteiger partial charge in [0.15, 0.2) is 0 Å². The number of nitrogens with one attached hydrogen (secondary N) is 2. The molecule has 7 heteroatoms. The van der Waals surface area contributed by atoms with Crippen LogP contribution in [0.1, 0.15) is 6.92 Å². The third-order valence-corrected chi connectivity index (χ3v) is 1.42. The second-order valence-electron chi connectivity index (χ2n) is 2.60. The highest BCUT2D eigenvalue weighted by Crippen LogP contribution is 1.97. The van der Waals surface area contributed by atoms with E-state index in [2.05, 4.69) is 15.3 Å². The number of hydrogen-bond donors (Lipinski definition) is 2. The molecule has 0 bridgehead atoms. The maximum atomic E-state index is 12.5. The van der Waals surface area contributed by atoms with Crippen LogP contribution in [0.4, 0.5) is 10.3 Å². The third-order valence-electron chi connectivity index (χ3n) is 1.42. The summed E-state index contributed by atoms with van der Waals surface area (Å²) in [5, 5.41) is 12.5. The summed E-state index contributed by atoms with van der Waals surface area (Å²) in [5.74, 6) is -2.61. The standard InChI is InChI=1S/C7H8FN3O3/c1-3(6(13)14)9-7-10-4(8)2-5(12)11-7/h2-3H,1H3,(H,13,14)(H2,9,10,11,12)/p-1. The van der Waals surface area contributed by atoms with Gasteiger partial charge in [-0.15, -0.1) is 0 Å². The number of aliphatic carboxylic acids is 1. The zero-order valence-corrected chi connectivity index (χ0v) is 7.20. The predicted octanol–water partition coefficient (Wildman–Crippen LogP) is -1.54. The summed E-state index contributed by atoms with van der Waals surface area (Å²) in [7, 11) is 0. The van der Waals surface area contributed by atoms with E-state index in [1.807, 2.05) is 0 Å². The number of H-pyrrole nitrogens is 1. The molecule has 1 aromatic heterocycles. The number of anilines is 1. The molecule has 1 unspecified atom stereocenters. The highest BCUT2D eigenvalue weighted by molar-refractivity contribution is 5.73. The molecular formula is C7H7FN3O3-. The van der Waals surface area contributed by atoms with Crippen molar-refractivity contribution in [1.82, 2.24) is 9.97 Å². The van der Waals surface area contributed by atoms with Gasteiger partial charge in [0.25, 0.3) is 5.56 Å². The molecule has 1 rings (SSSR count). The van der Waals surface area contributed by atoms with Gasteiger partial charge in [-0.05, 0) is 6.92 Å². The monoisotopic (exact) mass is 200 g/mol. The summed E-state index contributed by atoms with van der Waals surface area (Å²) < 4.78 is 12.5. The zero-order chi connectivity index (χ0) is 10.7. The summed E-state index contributed by atoms with van der Waals surface area (Å²) in [5.41, 5.74) is -0.703. The van der Waals surface area contributed by atoms with Gasteiger partial charge in [0.05, 0.1) is 18.1 Å². The van der Waals surface area contributed by atoms with E-state index in [1.165, 1.54) is 6.92 Å². The van der Waals surface area contributed by atoms with Gasteiger partial charge in [-0.2, -0.15) is 9.37 Å². The number of hydrogen-bond acceptors (Lipinski definition) is 5. The molecule has 0 aliphatic rings. The summed E-state index contributed by atoms with van der Waals surface area (Å²) in [6, 6.07) is -0.422. The topological polar surface area (TPSA) is 97.9 Å². The van der Waals surface area contributed by atoms with Gasteiger partial charge in [0.2, 0.25) is 11.9 Å². The van der Waals surface area contributed by atoms with Crippen molar-refractivity contribution in [3.8, 4) is 0 Å². The molecule has 14 heavy (non-hydrogen) atoms. The van der Waals surface area contributed by atoms with Crippen molar-refractivity contribution in [3.05, 3.63) is 22.4 Å². The highest BCUT2D eigenvalue weighted by atomic mass is 19.1. The molecule has 0 saturated heterocycles. The molecule has 0 amide bonds. The van der Waals surface area contributed by atoms with Gasteiger partial charge >= 0.3 is 0 Å².